The molecule has 0 spiro atoms. The summed E-state index contributed by atoms with van der Waals surface area (Å²) in [7, 11) is -3.57. The average Bonchev–Trinajstić information content (AvgIpc) is 2.29. The Balaban J connectivity index is 2.87. The average molecular weight is 281 g/mol. The van der Waals surface area contributed by atoms with Gasteiger partial charge in [0.05, 0.1) is 5.69 Å². The van der Waals surface area contributed by atoms with Gasteiger partial charge in [0.15, 0.2) is 27.3 Å². The molecule has 0 saturated carbocycles. The van der Waals surface area contributed by atoms with E-state index in [-0.39, 0.29) is 5.75 Å². The maximum absolute atomic E-state index is 13.2. The molecule has 1 aromatic carbocycles. The maximum Gasteiger partial charge on any atom is 0.239 e. The largest absolute Gasteiger partial charge is 0.323 e. The molecule has 0 fully saturated rings. The highest BCUT2D eigenvalue weighted by Crippen LogP contribution is 2.19. The Morgan fingerprint density at radius 3 is 2.39 bits per heavy atom. The van der Waals surface area contributed by atoms with Gasteiger partial charge in [-0.3, -0.25) is 4.79 Å². The predicted octanol–water partition coefficient (Wildman–Crippen LogP) is 1.48. The number of hydrogen-bond acceptors (Lipinski definition) is 3. The molecule has 18 heavy (non-hydrogen) atoms. The minimum Gasteiger partial charge on any atom is -0.323 e. The third-order valence-electron chi connectivity index (χ3n) is 2.10. The van der Waals surface area contributed by atoms with Crippen LogP contribution in [0.25, 0.3) is 0 Å². The van der Waals surface area contributed by atoms with Crippen LogP contribution >= 0.6 is 0 Å². The molecule has 0 heterocycles. The van der Waals surface area contributed by atoms with Crippen LogP contribution in [-0.4, -0.2) is 25.8 Å². The number of hydrogen-bond donors (Lipinski definition) is 1. The summed E-state index contributed by atoms with van der Waals surface area (Å²) in [6, 6.07) is 1.44. The van der Waals surface area contributed by atoms with Crippen LogP contribution < -0.4 is 5.32 Å². The molecule has 0 aliphatic heterocycles. The quantitative estimate of drug-likeness (QED) is 0.850. The topological polar surface area (TPSA) is 63.2 Å². The molecule has 1 amide bonds. The van der Waals surface area contributed by atoms with Crippen molar-refractivity contribution in [3.8, 4) is 0 Å². The van der Waals surface area contributed by atoms with Gasteiger partial charge in [-0.2, -0.15) is 0 Å². The fourth-order valence-corrected chi connectivity index (χ4v) is 1.79. The molecule has 0 aliphatic rings. The van der Waals surface area contributed by atoms with Gasteiger partial charge in [-0.25, -0.2) is 21.6 Å². The van der Waals surface area contributed by atoms with E-state index in [9.17, 15) is 26.4 Å². The monoisotopic (exact) mass is 281 g/mol. The van der Waals surface area contributed by atoms with Gasteiger partial charge in [0.2, 0.25) is 5.91 Å². The van der Waals surface area contributed by atoms with Crippen molar-refractivity contribution in [2.45, 2.75) is 6.92 Å². The zero-order valence-corrected chi connectivity index (χ0v) is 10.2. The summed E-state index contributed by atoms with van der Waals surface area (Å²) in [6.45, 7) is 1.35. The van der Waals surface area contributed by atoms with Gasteiger partial charge >= 0.3 is 0 Å². The Labute approximate surface area is 102 Å². The second-order valence-electron chi connectivity index (χ2n) is 3.45. The van der Waals surface area contributed by atoms with Crippen molar-refractivity contribution in [1.82, 2.24) is 0 Å². The lowest BCUT2D eigenvalue weighted by molar-refractivity contribution is -0.113. The molecular weight excluding hydrogens is 271 g/mol. The van der Waals surface area contributed by atoms with E-state index in [2.05, 4.69) is 0 Å². The highest BCUT2D eigenvalue weighted by atomic mass is 32.2. The summed E-state index contributed by atoms with van der Waals surface area (Å²) < 4.78 is 60.8. The van der Waals surface area contributed by atoms with Gasteiger partial charge in [0.1, 0.15) is 5.75 Å². The highest BCUT2D eigenvalue weighted by Gasteiger charge is 2.18. The first kappa shape index (κ1) is 14.5. The SMILES string of the molecule is CCS(=O)(=O)CC(=O)Nc1ccc(F)c(F)c1F. The fourth-order valence-electron chi connectivity index (χ4n) is 1.11. The van der Waals surface area contributed by atoms with Crippen LogP contribution in [0.15, 0.2) is 12.1 Å². The number of sulfone groups is 1. The van der Waals surface area contributed by atoms with E-state index in [1.165, 1.54) is 6.92 Å². The van der Waals surface area contributed by atoms with E-state index in [1.54, 1.807) is 0 Å². The predicted molar refractivity (Wildman–Crippen MR) is 59.3 cm³/mol. The van der Waals surface area contributed by atoms with Crippen LogP contribution in [0.3, 0.4) is 0 Å². The summed E-state index contributed by atoms with van der Waals surface area (Å²) in [5, 5.41) is 1.87. The molecular formula is C10H10F3NO3S. The molecule has 1 N–H and O–H groups in total. The molecule has 0 atom stereocenters. The van der Waals surface area contributed by atoms with Crippen LogP contribution in [-0.2, 0) is 14.6 Å². The van der Waals surface area contributed by atoms with Crippen molar-refractivity contribution in [2.24, 2.45) is 0 Å². The first-order valence-electron chi connectivity index (χ1n) is 4.90. The molecule has 100 valence electrons. The minimum atomic E-state index is -3.57. The number of carbonyl (C=O) groups excluding carboxylic acids is 1. The molecule has 0 saturated heterocycles. The zero-order valence-electron chi connectivity index (χ0n) is 9.34. The van der Waals surface area contributed by atoms with Gasteiger partial charge in [-0.15, -0.1) is 0 Å². The Bertz CT molecular complexity index is 572. The molecule has 0 bridgehead atoms. The summed E-state index contributed by atoms with van der Waals surface area (Å²) >= 11 is 0. The maximum atomic E-state index is 13.2. The molecule has 0 radical (unpaired) electrons. The normalized spacial score (nSPS) is 11.3. The second-order valence-corrected chi connectivity index (χ2v) is 5.80. The van der Waals surface area contributed by atoms with Gasteiger partial charge in [-0.05, 0) is 12.1 Å². The van der Waals surface area contributed by atoms with E-state index >= 15 is 0 Å². The van der Waals surface area contributed by atoms with Crippen molar-refractivity contribution >= 4 is 21.4 Å². The van der Waals surface area contributed by atoms with Crippen LogP contribution in [0, 0.1) is 17.5 Å². The first-order chi connectivity index (χ1) is 8.26. The number of rotatable bonds is 4. The van der Waals surface area contributed by atoms with Crippen molar-refractivity contribution in [3.63, 3.8) is 0 Å². The Kier molecular flexibility index (Phi) is 4.33. The van der Waals surface area contributed by atoms with Crippen LogP contribution in [0.4, 0.5) is 18.9 Å². The second kappa shape index (κ2) is 5.38. The molecule has 4 nitrogen and oxygen atoms in total. The fraction of sp³-hybridized carbons (Fsp3) is 0.300. The standard InChI is InChI=1S/C10H10F3NO3S/c1-2-18(16,17)5-8(15)14-7-4-3-6(11)9(12)10(7)13/h3-4H,2,5H2,1H3,(H,14,15). The lowest BCUT2D eigenvalue weighted by atomic mass is 10.3. The summed E-state index contributed by atoms with van der Waals surface area (Å²) in [5.41, 5.74) is -0.606. The molecule has 8 heteroatoms. The van der Waals surface area contributed by atoms with Gasteiger partial charge in [0, 0.05) is 5.75 Å². The first-order valence-corrected chi connectivity index (χ1v) is 6.72. The molecule has 1 rings (SSSR count). The minimum absolute atomic E-state index is 0.249. The summed E-state index contributed by atoms with van der Waals surface area (Å²) in [6.07, 6.45) is 0. The van der Waals surface area contributed by atoms with Crippen molar-refractivity contribution in [2.75, 3.05) is 16.8 Å². The third-order valence-corrected chi connectivity index (χ3v) is 3.68. The molecule has 0 unspecified atom stereocenters. The highest BCUT2D eigenvalue weighted by molar-refractivity contribution is 7.92. The van der Waals surface area contributed by atoms with Gasteiger partial charge < -0.3 is 5.32 Å². The van der Waals surface area contributed by atoms with E-state index in [0.29, 0.717) is 6.07 Å². The lowest BCUT2D eigenvalue weighted by Crippen LogP contribution is -2.24. The van der Waals surface area contributed by atoms with Crippen LogP contribution in [0.1, 0.15) is 6.92 Å². The zero-order chi connectivity index (χ0) is 13.9. The smallest absolute Gasteiger partial charge is 0.239 e. The number of halogens is 3. The van der Waals surface area contributed by atoms with Crippen molar-refractivity contribution < 1.29 is 26.4 Å². The van der Waals surface area contributed by atoms with Gasteiger partial charge in [-0.1, -0.05) is 6.92 Å². The van der Waals surface area contributed by atoms with Crippen molar-refractivity contribution in [1.29, 1.82) is 0 Å². The third kappa shape index (κ3) is 3.46. The van der Waals surface area contributed by atoms with E-state index in [0.717, 1.165) is 6.07 Å². The van der Waals surface area contributed by atoms with E-state index in [4.69, 9.17) is 0 Å². The number of amides is 1. The Morgan fingerprint density at radius 1 is 1.22 bits per heavy atom. The number of carbonyl (C=O) groups is 1. The van der Waals surface area contributed by atoms with Crippen LogP contribution in [0.5, 0.6) is 0 Å². The number of nitrogens with one attached hydrogen (secondary N) is 1. The van der Waals surface area contributed by atoms with Gasteiger partial charge in [0.25, 0.3) is 0 Å². The summed E-state index contributed by atoms with van der Waals surface area (Å²) in [4.78, 5) is 11.3. The lowest BCUT2D eigenvalue weighted by Gasteiger charge is -2.07. The molecule has 0 aromatic heterocycles. The Morgan fingerprint density at radius 2 is 1.83 bits per heavy atom. The number of anilines is 1. The summed E-state index contributed by atoms with van der Waals surface area (Å²) in [5.74, 6) is -6.81. The van der Waals surface area contributed by atoms with E-state index in [1.807, 2.05) is 5.32 Å². The Hall–Kier alpha value is -1.57. The van der Waals surface area contributed by atoms with Crippen LogP contribution in [0.2, 0.25) is 0 Å². The van der Waals surface area contributed by atoms with Crippen molar-refractivity contribution in [3.05, 3.63) is 29.6 Å². The number of benzene rings is 1. The van der Waals surface area contributed by atoms with E-state index < -0.39 is 44.6 Å². The molecule has 0 aliphatic carbocycles. The molecule has 1 aromatic rings.